The highest BCUT2D eigenvalue weighted by atomic mass is 32.1. The van der Waals surface area contributed by atoms with E-state index in [9.17, 15) is 18.7 Å². The van der Waals surface area contributed by atoms with Crippen LogP contribution in [0, 0.1) is 11.6 Å². The number of halogens is 2. The van der Waals surface area contributed by atoms with Crippen LogP contribution in [0.5, 0.6) is 0 Å². The lowest BCUT2D eigenvalue weighted by Gasteiger charge is -2.13. The fourth-order valence-corrected chi connectivity index (χ4v) is 2.88. The van der Waals surface area contributed by atoms with Crippen LogP contribution in [0.25, 0.3) is 10.7 Å². The molecular weight excluding hydrogens is 350 g/mol. The van der Waals surface area contributed by atoms with Crippen molar-refractivity contribution in [1.82, 2.24) is 20.3 Å². The van der Waals surface area contributed by atoms with Gasteiger partial charge in [-0.2, -0.15) is 0 Å². The largest absolute Gasteiger partial charge is 0.386 e. The van der Waals surface area contributed by atoms with Gasteiger partial charge in [-0.3, -0.25) is 14.8 Å². The zero-order chi connectivity index (χ0) is 17.8. The third kappa shape index (κ3) is 3.83. The summed E-state index contributed by atoms with van der Waals surface area (Å²) in [4.78, 5) is 24.2. The van der Waals surface area contributed by atoms with E-state index >= 15 is 0 Å². The predicted molar refractivity (Wildman–Crippen MR) is 86.8 cm³/mol. The molecule has 9 heteroatoms. The molecule has 1 atom stereocenters. The molecule has 25 heavy (non-hydrogen) atoms. The summed E-state index contributed by atoms with van der Waals surface area (Å²) >= 11 is 1.21. The van der Waals surface area contributed by atoms with Crippen LogP contribution < -0.4 is 5.32 Å². The normalized spacial score (nSPS) is 12.0. The van der Waals surface area contributed by atoms with Crippen LogP contribution in [-0.2, 0) is 0 Å². The van der Waals surface area contributed by atoms with Crippen molar-refractivity contribution in [2.24, 2.45) is 0 Å². The molecule has 0 bridgehead atoms. The maximum atomic E-state index is 13.6. The fourth-order valence-electron chi connectivity index (χ4n) is 2.12. The van der Waals surface area contributed by atoms with Gasteiger partial charge in [0.25, 0.3) is 5.91 Å². The summed E-state index contributed by atoms with van der Waals surface area (Å²) in [7, 11) is 0. The van der Waals surface area contributed by atoms with E-state index in [-0.39, 0.29) is 12.2 Å². The Bertz CT molecular complexity index is 869. The quantitative estimate of drug-likeness (QED) is 0.727. The molecule has 2 aromatic heterocycles. The van der Waals surface area contributed by atoms with E-state index in [2.05, 4.69) is 20.3 Å². The van der Waals surface area contributed by atoms with Crippen LogP contribution in [0.1, 0.15) is 22.2 Å². The second-order valence-electron chi connectivity index (χ2n) is 4.99. The number of rotatable bonds is 5. The van der Waals surface area contributed by atoms with E-state index in [1.54, 1.807) is 0 Å². The first-order valence-corrected chi connectivity index (χ1v) is 8.06. The molecule has 0 aliphatic carbocycles. The van der Waals surface area contributed by atoms with Crippen LogP contribution in [0.15, 0.2) is 42.2 Å². The number of aliphatic hydroxyl groups is 1. The van der Waals surface area contributed by atoms with E-state index in [4.69, 9.17) is 0 Å². The monoisotopic (exact) mass is 362 g/mol. The molecule has 0 aliphatic rings. The summed E-state index contributed by atoms with van der Waals surface area (Å²) in [6.07, 6.45) is 3.04. The Balaban J connectivity index is 1.66. The molecule has 0 fully saturated rings. The maximum Gasteiger partial charge on any atom is 0.270 e. The van der Waals surface area contributed by atoms with Crippen LogP contribution in [0.2, 0.25) is 0 Å². The van der Waals surface area contributed by atoms with E-state index in [0.717, 1.165) is 12.1 Å². The zero-order valence-corrected chi connectivity index (χ0v) is 13.5. The molecule has 128 valence electrons. The summed E-state index contributed by atoms with van der Waals surface area (Å²) in [5.74, 6) is -2.32. The third-order valence-electron chi connectivity index (χ3n) is 3.31. The van der Waals surface area contributed by atoms with Crippen molar-refractivity contribution in [3.05, 3.63) is 65.1 Å². The van der Waals surface area contributed by atoms with Crippen LogP contribution >= 0.6 is 11.3 Å². The molecule has 3 aromatic rings. The minimum absolute atomic E-state index is 0.117. The van der Waals surface area contributed by atoms with E-state index in [1.165, 1.54) is 41.4 Å². The molecule has 0 spiro atoms. The van der Waals surface area contributed by atoms with Crippen molar-refractivity contribution in [2.75, 3.05) is 6.54 Å². The molecular formula is C16H12F2N4O2S. The van der Waals surface area contributed by atoms with E-state index in [0.29, 0.717) is 10.7 Å². The SMILES string of the molecule is O=C(NC[C@H](O)c1c(F)cccc1F)c1csc(-c2cnccn2)n1. The van der Waals surface area contributed by atoms with Crippen LogP contribution in [-0.4, -0.2) is 32.5 Å². The van der Waals surface area contributed by atoms with Gasteiger partial charge >= 0.3 is 0 Å². The van der Waals surface area contributed by atoms with Gasteiger partial charge in [-0.15, -0.1) is 11.3 Å². The Morgan fingerprint density at radius 3 is 2.72 bits per heavy atom. The highest BCUT2D eigenvalue weighted by molar-refractivity contribution is 7.13. The van der Waals surface area contributed by atoms with Crippen molar-refractivity contribution >= 4 is 17.2 Å². The number of benzene rings is 1. The number of carbonyl (C=O) groups excluding carboxylic acids is 1. The first kappa shape index (κ1) is 17.1. The molecule has 2 heterocycles. The Morgan fingerprint density at radius 2 is 2.04 bits per heavy atom. The van der Waals surface area contributed by atoms with Crippen molar-refractivity contribution in [3.8, 4) is 10.7 Å². The Labute approximate surface area is 145 Å². The molecule has 1 aromatic carbocycles. The van der Waals surface area contributed by atoms with Gasteiger partial charge in [0.2, 0.25) is 0 Å². The number of nitrogens with one attached hydrogen (secondary N) is 1. The molecule has 2 N–H and O–H groups in total. The number of thiazole rings is 1. The standard InChI is InChI=1S/C16H12F2N4O2S/c17-9-2-1-3-10(18)14(9)13(23)7-21-15(24)12-8-25-16(22-12)11-6-19-4-5-20-11/h1-6,8,13,23H,7H2,(H,21,24)/t13-/m0/s1. The summed E-state index contributed by atoms with van der Waals surface area (Å²) in [6.45, 7) is -0.352. The Morgan fingerprint density at radius 1 is 1.28 bits per heavy atom. The van der Waals surface area contributed by atoms with Crippen LogP contribution in [0.4, 0.5) is 8.78 Å². The van der Waals surface area contributed by atoms with Gasteiger partial charge < -0.3 is 10.4 Å². The highest BCUT2D eigenvalue weighted by Crippen LogP contribution is 2.22. The van der Waals surface area contributed by atoms with Gasteiger partial charge in [-0.1, -0.05) is 6.07 Å². The first-order chi connectivity index (χ1) is 12.1. The molecule has 0 aliphatic heterocycles. The lowest BCUT2D eigenvalue weighted by atomic mass is 10.1. The van der Waals surface area contributed by atoms with Gasteiger partial charge in [-0.25, -0.2) is 13.8 Å². The smallest absolute Gasteiger partial charge is 0.270 e. The molecule has 0 unspecified atom stereocenters. The molecule has 3 rings (SSSR count). The average Bonchev–Trinajstić information content (AvgIpc) is 3.10. The zero-order valence-electron chi connectivity index (χ0n) is 12.7. The lowest BCUT2D eigenvalue weighted by Crippen LogP contribution is -2.29. The van der Waals surface area contributed by atoms with Crippen LogP contribution in [0.3, 0.4) is 0 Å². The van der Waals surface area contributed by atoms with Crippen molar-refractivity contribution < 1.29 is 18.7 Å². The second kappa shape index (κ2) is 7.41. The molecule has 0 saturated carbocycles. The topological polar surface area (TPSA) is 88.0 Å². The number of hydrogen-bond acceptors (Lipinski definition) is 6. The van der Waals surface area contributed by atoms with Gasteiger partial charge in [-0.05, 0) is 12.1 Å². The predicted octanol–water partition coefficient (Wildman–Crippen LogP) is 2.34. The first-order valence-electron chi connectivity index (χ1n) is 7.18. The third-order valence-corrected chi connectivity index (χ3v) is 4.17. The van der Waals surface area contributed by atoms with Crippen molar-refractivity contribution in [1.29, 1.82) is 0 Å². The van der Waals surface area contributed by atoms with Gasteiger partial charge in [0.1, 0.15) is 34.1 Å². The number of nitrogens with zero attached hydrogens (tertiary/aromatic N) is 3. The summed E-state index contributed by atoms with van der Waals surface area (Å²) in [6, 6.07) is 3.27. The number of aliphatic hydroxyl groups excluding tert-OH is 1. The lowest BCUT2D eigenvalue weighted by molar-refractivity contribution is 0.0907. The number of carbonyl (C=O) groups is 1. The van der Waals surface area contributed by atoms with Crippen molar-refractivity contribution in [3.63, 3.8) is 0 Å². The van der Waals surface area contributed by atoms with Crippen molar-refractivity contribution in [2.45, 2.75) is 6.10 Å². The molecule has 6 nitrogen and oxygen atoms in total. The van der Waals surface area contributed by atoms with Gasteiger partial charge in [0.05, 0.1) is 11.8 Å². The Hall–Kier alpha value is -2.78. The van der Waals surface area contributed by atoms with E-state index in [1.807, 2.05) is 0 Å². The summed E-state index contributed by atoms with van der Waals surface area (Å²) in [5.41, 5.74) is 0.160. The molecule has 0 saturated heterocycles. The Kier molecular flexibility index (Phi) is 5.05. The molecule has 0 radical (unpaired) electrons. The maximum absolute atomic E-state index is 13.6. The number of aromatic nitrogens is 3. The average molecular weight is 362 g/mol. The minimum Gasteiger partial charge on any atom is -0.386 e. The minimum atomic E-state index is -1.51. The fraction of sp³-hybridized carbons (Fsp3) is 0.125. The molecule has 1 amide bonds. The van der Waals surface area contributed by atoms with Gasteiger partial charge in [0.15, 0.2) is 0 Å². The summed E-state index contributed by atoms with van der Waals surface area (Å²) < 4.78 is 27.2. The number of amides is 1. The second-order valence-corrected chi connectivity index (χ2v) is 5.85. The number of hydrogen-bond donors (Lipinski definition) is 2. The van der Waals surface area contributed by atoms with E-state index < -0.39 is 29.2 Å². The van der Waals surface area contributed by atoms with Gasteiger partial charge in [0, 0.05) is 24.3 Å². The summed E-state index contributed by atoms with van der Waals surface area (Å²) in [5, 5.41) is 14.4. The highest BCUT2D eigenvalue weighted by Gasteiger charge is 2.19.